The number of nitrogens with zero attached hydrogens (tertiary/aromatic N) is 2. The number of anilines is 1. The lowest BCUT2D eigenvalue weighted by Crippen LogP contribution is -2.52. The number of amides is 2. The molecular weight excluding hydrogens is 597 g/mol. The van der Waals surface area contributed by atoms with Crippen molar-refractivity contribution in [1.82, 2.24) is 10.2 Å². The highest BCUT2D eigenvalue weighted by Crippen LogP contribution is 2.30. The van der Waals surface area contributed by atoms with Gasteiger partial charge in [0.2, 0.25) is 11.8 Å². The van der Waals surface area contributed by atoms with Gasteiger partial charge in [0.15, 0.2) is 0 Å². The summed E-state index contributed by atoms with van der Waals surface area (Å²) in [4.78, 5) is 28.9. The Morgan fingerprint density at radius 1 is 1.00 bits per heavy atom. The van der Waals surface area contributed by atoms with E-state index in [1.54, 1.807) is 61.5 Å². The average Bonchev–Trinajstić information content (AvgIpc) is 3.48. The van der Waals surface area contributed by atoms with Gasteiger partial charge in [0.25, 0.3) is 10.0 Å². The summed E-state index contributed by atoms with van der Waals surface area (Å²) in [6.07, 6.45) is 3.81. The minimum atomic E-state index is -4.20. The van der Waals surface area contributed by atoms with E-state index in [1.807, 2.05) is 6.92 Å². The fraction of sp³-hybridized carbons (Fsp3) is 0.355. The third-order valence-electron chi connectivity index (χ3n) is 7.49. The normalized spacial score (nSPS) is 14.3. The van der Waals surface area contributed by atoms with Crippen molar-refractivity contribution >= 4 is 50.7 Å². The summed E-state index contributed by atoms with van der Waals surface area (Å²) in [5.74, 6) is -0.501. The lowest BCUT2D eigenvalue weighted by molar-refractivity contribution is -0.139. The Morgan fingerprint density at radius 2 is 1.62 bits per heavy atom. The summed E-state index contributed by atoms with van der Waals surface area (Å²) in [6.45, 7) is 2.81. The zero-order valence-corrected chi connectivity index (χ0v) is 26.2. The molecule has 0 heterocycles. The van der Waals surface area contributed by atoms with Gasteiger partial charge in [-0.1, -0.05) is 65.9 Å². The van der Waals surface area contributed by atoms with Crippen molar-refractivity contribution in [2.24, 2.45) is 0 Å². The van der Waals surface area contributed by atoms with Crippen LogP contribution in [0.5, 0.6) is 5.75 Å². The van der Waals surface area contributed by atoms with E-state index in [2.05, 4.69) is 5.32 Å². The number of aryl methyl sites for hydroxylation is 1. The number of benzene rings is 3. The summed E-state index contributed by atoms with van der Waals surface area (Å²) in [6, 6.07) is 17.0. The Balaban J connectivity index is 1.73. The Kier molecular flexibility index (Phi) is 10.4. The molecule has 1 unspecified atom stereocenters. The van der Waals surface area contributed by atoms with Gasteiger partial charge in [-0.3, -0.25) is 13.9 Å². The molecule has 1 aliphatic rings. The molecular formula is C31H35Cl2N3O5S. The van der Waals surface area contributed by atoms with Crippen molar-refractivity contribution in [3.8, 4) is 5.75 Å². The maximum Gasteiger partial charge on any atom is 0.264 e. The van der Waals surface area contributed by atoms with E-state index in [0.717, 1.165) is 35.6 Å². The molecule has 1 atom stereocenters. The molecule has 1 saturated carbocycles. The molecule has 0 bridgehead atoms. The monoisotopic (exact) mass is 631 g/mol. The first-order valence-electron chi connectivity index (χ1n) is 13.8. The van der Waals surface area contributed by atoms with E-state index < -0.39 is 28.5 Å². The SMILES string of the molecule is COc1cccc(N(CC(=O)N(Cc2c(Cl)cccc2Cl)C(C)C(=O)NC2CCCC2)S(=O)(=O)c2ccc(C)cc2)c1. The second-order valence-electron chi connectivity index (χ2n) is 10.4. The maximum atomic E-state index is 14.1. The van der Waals surface area contributed by atoms with Gasteiger partial charge in [0.1, 0.15) is 18.3 Å². The Labute approximate surface area is 257 Å². The summed E-state index contributed by atoms with van der Waals surface area (Å²) in [5.41, 5.74) is 1.59. The zero-order valence-electron chi connectivity index (χ0n) is 23.8. The van der Waals surface area contributed by atoms with E-state index in [9.17, 15) is 18.0 Å². The van der Waals surface area contributed by atoms with Crippen LogP contribution in [-0.4, -0.2) is 50.9 Å². The lowest BCUT2D eigenvalue weighted by atomic mass is 10.1. The number of methoxy groups -OCH3 is 1. The van der Waals surface area contributed by atoms with Gasteiger partial charge in [-0.25, -0.2) is 8.42 Å². The van der Waals surface area contributed by atoms with Crippen molar-refractivity contribution in [2.75, 3.05) is 18.0 Å². The Hall–Kier alpha value is -3.27. The summed E-state index contributed by atoms with van der Waals surface area (Å²) in [5, 5.41) is 3.71. The molecule has 0 saturated heterocycles. The van der Waals surface area contributed by atoms with Crippen molar-refractivity contribution < 1.29 is 22.7 Å². The molecule has 0 spiro atoms. The molecule has 0 aromatic heterocycles. The highest BCUT2D eigenvalue weighted by Gasteiger charge is 2.34. The fourth-order valence-electron chi connectivity index (χ4n) is 4.96. The largest absolute Gasteiger partial charge is 0.497 e. The predicted octanol–water partition coefficient (Wildman–Crippen LogP) is 5.98. The molecule has 0 radical (unpaired) electrons. The molecule has 1 N–H and O–H groups in total. The van der Waals surface area contributed by atoms with Crippen molar-refractivity contribution in [1.29, 1.82) is 0 Å². The highest BCUT2D eigenvalue weighted by molar-refractivity contribution is 7.92. The van der Waals surface area contributed by atoms with Gasteiger partial charge < -0.3 is 15.0 Å². The molecule has 42 heavy (non-hydrogen) atoms. The third-order valence-corrected chi connectivity index (χ3v) is 9.98. The van der Waals surface area contributed by atoms with Crippen LogP contribution in [0.15, 0.2) is 71.6 Å². The minimum Gasteiger partial charge on any atom is -0.497 e. The Morgan fingerprint density at radius 3 is 2.24 bits per heavy atom. The molecule has 4 rings (SSSR count). The van der Waals surface area contributed by atoms with E-state index >= 15 is 0 Å². The van der Waals surface area contributed by atoms with E-state index in [0.29, 0.717) is 21.4 Å². The first-order chi connectivity index (χ1) is 20.0. The van der Waals surface area contributed by atoms with Crippen LogP contribution in [0.2, 0.25) is 10.0 Å². The zero-order chi connectivity index (χ0) is 30.4. The number of sulfonamides is 1. The van der Waals surface area contributed by atoms with Gasteiger partial charge in [-0.2, -0.15) is 0 Å². The predicted molar refractivity (Wildman–Crippen MR) is 166 cm³/mol. The van der Waals surface area contributed by atoms with Gasteiger partial charge in [0.05, 0.1) is 17.7 Å². The van der Waals surface area contributed by atoms with Gasteiger partial charge in [-0.05, 0) is 63.1 Å². The second kappa shape index (κ2) is 13.8. The first-order valence-corrected chi connectivity index (χ1v) is 16.0. The molecule has 8 nitrogen and oxygen atoms in total. The van der Waals surface area contributed by atoms with Crippen LogP contribution < -0.4 is 14.4 Å². The highest BCUT2D eigenvalue weighted by atomic mass is 35.5. The van der Waals surface area contributed by atoms with Crippen molar-refractivity contribution in [2.45, 2.75) is 63.1 Å². The van der Waals surface area contributed by atoms with Gasteiger partial charge in [-0.15, -0.1) is 0 Å². The number of hydrogen-bond donors (Lipinski definition) is 1. The molecule has 1 fully saturated rings. The number of halogens is 2. The van der Waals surface area contributed by atoms with Crippen LogP contribution in [0.4, 0.5) is 5.69 Å². The smallest absolute Gasteiger partial charge is 0.264 e. The van der Waals surface area contributed by atoms with E-state index in [-0.39, 0.29) is 29.1 Å². The van der Waals surface area contributed by atoms with Crippen LogP contribution in [-0.2, 0) is 26.2 Å². The topological polar surface area (TPSA) is 96.0 Å². The minimum absolute atomic E-state index is 0.0245. The second-order valence-corrected chi connectivity index (χ2v) is 13.1. The summed E-state index contributed by atoms with van der Waals surface area (Å²) in [7, 11) is -2.73. The summed E-state index contributed by atoms with van der Waals surface area (Å²) < 4.78 is 34.4. The number of hydrogen-bond acceptors (Lipinski definition) is 5. The van der Waals surface area contributed by atoms with E-state index in [1.165, 1.54) is 24.1 Å². The quantitative estimate of drug-likeness (QED) is 0.281. The standard InChI is InChI=1S/C31H35Cl2N3O5S/c1-21-14-16-26(17-15-21)42(39,40)36(24-10-6-11-25(18-24)41-3)20-30(37)35(19-27-28(32)12-7-13-29(27)33)22(2)31(38)34-23-8-4-5-9-23/h6-7,10-18,22-23H,4-5,8-9,19-20H2,1-3H3,(H,34,38). The third kappa shape index (κ3) is 7.38. The Bertz CT molecular complexity index is 1510. The van der Waals surface area contributed by atoms with E-state index in [4.69, 9.17) is 27.9 Å². The molecule has 224 valence electrons. The van der Waals surface area contributed by atoms with Crippen LogP contribution in [0.1, 0.15) is 43.7 Å². The molecule has 2 amide bonds. The van der Waals surface area contributed by atoms with Gasteiger partial charge >= 0.3 is 0 Å². The first kappa shape index (κ1) is 31.7. The summed E-state index contributed by atoms with van der Waals surface area (Å²) >= 11 is 12.9. The number of carbonyl (C=O) groups excluding carboxylic acids is 2. The number of nitrogens with one attached hydrogen (secondary N) is 1. The van der Waals surface area contributed by atoms with Crippen LogP contribution in [0, 0.1) is 6.92 Å². The molecule has 3 aromatic rings. The van der Waals surface area contributed by atoms with Crippen molar-refractivity contribution in [3.05, 3.63) is 87.9 Å². The molecule has 0 aliphatic heterocycles. The molecule has 3 aromatic carbocycles. The lowest BCUT2D eigenvalue weighted by Gasteiger charge is -2.33. The maximum absolute atomic E-state index is 14.1. The average molecular weight is 633 g/mol. The van der Waals surface area contributed by atoms with Gasteiger partial charge in [0, 0.05) is 34.3 Å². The molecule has 11 heteroatoms. The van der Waals surface area contributed by atoms with Crippen LogP contribution in [0.25, 0.3) is 0 Å². The number of carbonyl (C=O) groups is 2. The van der Waals surface area contributed by atoms with Crippen LogP contribution >= 0.6 is 23.2 Å². The number of rotatable bonds is 11. The number of ether oxygens (including phenoxy) is 1. The van der Waals surface area contributed by atoms with Crippen LogP contribution in [0.3, 0.4) is 0 Å². The molecule has 1 aliphatic carbocycles. The fourth-order valence-corrected chi connectivity index (χ4v) is 6.88. The van der Waals surface area contributed by atoms with Crippen molar-refractivity contribution in [3.63, 3.8) is 0 Å².